The minimum absolute atomic E-state index is 0.0163. The molecule has 0 saturated carbocycles. The molecule has 1 aromatic heterocycles. The van der Waals surface area contributed by atoms with Crippen molar-refractivity contribution < 1.29 is 18.6 Å². The number of benzene rings is 3. The Morgan fingerprint density at radius 2 is 1.74 bits per heavy atom. The number of ether oxygens (including phenoxy) is 3. The third-order valence-corrected chi connectivity index (χ3v) is 6.41. The molecule has 0 unspecified atom stereocenters. The summed E-state index contributed by atoms with van der Waals surface area (Å²) in [6, 6.07) is 23.7. The van der Waals surface area contributed by atoms with E-state index in [2.05, 4.69) is 23.2 Å². The van der Waals surface area contributed by atoms with Crippen LogP contribution in [0.2, 0.25) is 0 Å². The van der Waals surface area contributed by atoms with Gasteiger partial charge in [0.05, 0.1) is 23.8 Å². The van der Waals surface area contributed by atoms with E-state index in [1.807, 2.05) is 36.4 Å². The van der Waals surface area contributed by atoms with Crippen molar-refractivity contribution in [3.63, 3.8) is 0 Å². The van der Waals surface area contributed by atoms with E-state index in [1.165, 1.54) is 6.07 Å². The van der Waals surface area contributed by atoms with Crippen LogP contribution in [-0.2, 0) is 6.61 Å². The predicted octanol–water partition coefficient (Wildman–Crippen LogP) is 6.19. The summed E-state index contributed by atoms with van der Waals surface area (Å²) >= 11 is 0. The summed E-state index contributed by atoms with van der Waals surface area (Å²) in [6.45, 7) is 2.89. The number of nitrogens with zero attached hydrogens (tertiary/aromatic N) is 2. The second-order valence-electron chi connectivity index (χ2n) is 8.92. The summed E-state index contributed by atoms with van der Waals surface area (Å²) in [6.07, 6.45) is 2.06. The summed E-state index contributed by atoms with van der Waals surface area (Å²) in [5.74, 6) is 0.888. The fourth-order valence-electron chi connectivity index (χ4n) is 4.38. The molecule has 3 N–H and O–H groups in total. The molecule has 0 radical (unpaired) electrons. The van der Waals surface area contributed by atoms with Crippen LogP contribution in [-0.4, -0.2) is 16.8 Å². The van der Waals surface area contributed by atoms with Crippen molar-refractivity contribution in [2.75, 3.05) is 6.61 Å². The van der Waals surface area contributed by atoms with Gasteiger partial charge in [-0.05, 0) is 54.4 Å². The molecule has 4 aromatic rings. The maximum Gasteiger partial charge on any atom is 0.244 e. The first kappa shape index (κ1) is 24.9. The molecule has 0 fully saturated rings. The lowest BCUT2D eigenvalue weighted by Gasteiger charge is -2.24. The third-order valence-electron chi connectivity index (χ3n) is 6.41. The summed E-state index contributed by atoms with van der Waals surface area (Å²) in [5, 5.41) is 17.4. The summed E-state index contributed by atoms with van der Waals surface area (Å²) in [4.78, 5) is 0. The quantitative estimate of drug-likeness (QED) is 0.260. The molecule has 7 nitrogen and oxygen atoms in total. The van der Waals surface area contributed by atoms with E-state index in [1.54, 1.807) is 30.3 Å². The molecule has 8 heteroatoms. The monoisotopic (exact) mass is 510 g/mol. The van der Waals surface area contributed by atoms with Gasteiger partial charge >= 0.3 is 0 Å². The number of unbranched alkanes of at least 4 members (excludes halogenated alkanes) is 1. The number of rotatable bonds is 9. The van der Waals surface area contributed by atoms with Crippen LogP contribution in [0, 0.1) is 17.1 Å². The van der Waals surface area contributed by atoms with Gasteiger partial charge in [-0.3, -0.25) is 5.10 Å². The molecule has 1 atom stereocenters. The Hall–Kier alpha value is -4.77. The van der Waals surface area contributed by atoms with Crippen LogP contribution in [0.15, 0.2) is 84.3 Å². The van der Waals surface area contributed by atoms with E-state index >= 15 is 0 Å². The lowest BCUT2D eigenvalue weighted by Crippen LogP contribution is -2.21. The van der Waals surface area contributed by atoms with Crippen LogP contribution in [0.4, 0.5) is 4.39 Å². The first-order valence-electron chi connectivity index (χ1n) is 12.4. The van der Waals surface area contributed by atoms with Gasteiger partial charge in [0.25, 0.3) is 0 Å². The van der Waals surface area contributed by atoms with Crippen molar-refractivity contribution in [1.82, 2.24) is 10.2 Å². The average molecular weight is 511 g/mol. The zero-order valence-corrected chi connectivity index (χ0v) is 20.9. The Labute approximate surface area is 220 Å². The van der Waals surface area contributed by atoms with Crippen molar-refractivity contribution in [2.45, 2.75) is 32.3 Å². The van der Waals surface area contributed by atoms with Gasteiger partial charge in [-0.15, -0.1) is 5.10 Å². The van der Waals surface area contributed by atoms with Crippen LogP contribution in [0.5, 0.6) is 17.4 Å². The molecule has 0 amide bonds. The highest BCUT2D eigenvalue weighted by atomic mass is 19.1. The van der Waals surface area contributed by atoms with Gasteiger partial charge in [0.1, 0.15) is 35.6 Å². The normalized spacial score (nSPS) is 14.4. The van der Waals surface area contributed by atoms with E-state index < -0.39 is 5.92 Å². The number of nitrogens with two attached hydrogens (primary N) is 1. The van der Waals surface area contributed by atoms with Crippen molar-refractivity contribution in [3.05, 3.63) is 107 Å². The van der Waals surface area contributed by atoms with Gasteiger partial charge in [-0.1, -0.05) is 43.7 Å². The molecule has 0 saturated heterocycles. The van der Waals surface area contributed by atoms with E-state index in [0.717, 1.165) is 41.0 Å². The number of hydrogen-bond donors (Lipinski definition) is 2. The number of fused-ring (bicyclic) bond motifs is 1. The van der Waals surface area contributed by atoms with Gasteiger partial charge in [0.15, 0.2) is 0 Å². The average Bonchev–Trinajstić information content (AvgIpc) is 3.36. The zero-order valence-electron chi connectivity index (χ0n) is 20.9. The predicted molar refractivity (Wildman–Crippen MR) is 141 cm³/mol. The number of H-pyrrole nitrogens is 1. The maximum atomic E-state index is 13.9. The second-order valence-corrected chi connectivity index (χ2v) is 8.92. The number of nitrogens with one attached hydrogen (secondary N) is 1. The molecule has 0 aliphatic carbocycles. The molecule has 1 aliphatic heterocycles. The van der Waals surface area contributed by atoms with E-state index in [-0.39, 0.29) is 18.3 Å². The number of aromatic nitrogens is 2. The number of hydrogen-bond acceptors (Lipinski definition) is 6. The molecule has 5 rings (SSSR count). The van der Waals surface area contributed by atoms with Crippen LogP contribution in [0.3, 0.4) is 0 Å². The highest BCUT2D eigenvalue weighted by molar-refractivity contribution is 5.71. The second kappa shape index (κ2) is 11.1. The van der Waals surface area contributed by atoms with Crippen LogP contribution >= 0.6 is 0 Å². The maximum absolute atomic E-state index is 13.9. The van der Waals surface area contributed by atoms with Crippen LogP contribution in [0.1, 0.15) is 42.4 Å². The van der Waals surface area contributed by atoms with Crippen molar-refractivity contribution >= 4 is 0 Å². The standard InChI is InChI=1S/C30H27FN4O3/c1-2-3-16-36-22-14-10-20(11-15-22)28-27-26(24(17-32)29(33)38-30(27)35-34-28)19-8-12-23(13-9-19)37-18-21-6-4-5-7-25(21)31/h4-15,26H,2-3,16,18,33H2,1H3,(H,34,35)/t26-/m0/s1. The Morgan fingerprint density at radius 3 is 2.45 bits per heavy atom. The molecule has 0 spiro atoms. The van der Waals surface area contributed by atoms with Gasteiger partial charge in [0, 0.05) is 11.1 Å². The Morgan fingerprint density at radius 1 is 1.03 bits per heavy atom. The highest BCUT2D eigenvalue weighted by Gasteiger charge is 2.35. The minimum atomic E-state index is -0.501. The molecule has 1 aliphatic rings. The largest absolute Gasteiger partial charge is 0.494 e. The molecule has 192 valence electrons. The molecule has 38 heavy (non-hydrogen) atoms. The Kier molecular flexibility index (Phi) is 7.27. The number of allylic oxidation sites excluding steroid dienone is 1. The van der Waals surface area contributed by atoms with Crippen LogP contribution in [0.25, 0.3) is 11.3 Å². The fourth-order valence-corrected chi connectivity index (χ4v) is 4.38. The van der Waals surface area contributed by atoms with Crippen molar-refractivity contribution in [2.24, 2.45) is 5.73 Å². The highest BCUT2D eigenvalue weighted by Crippen LogP contribution is 2.46. The number of halogens is 1. The van der Waals surface area contributed by atoms with Crippen molar-refractivity contribution in [3.8, 4) is 34.7 Å². The Bertz CT molecular complexity index is 1490. The van der Waals surface area contributed by atoms with Gasteiger partial charge in [0.2, 0.25) is 11.8 Å². The molecular formula is C30H27FN4O3. The molecule has 0 bridgehead atoms. The number of nitriles is 1. The Balaban J connectivity index is 1.43. The fraction of sp³-hybridized carbons (Fsp3) is 0.200. The van der Waals surface area contributed by atoms with Gasteiger partial charge in [-0.25, -0.2) is 4.39 Å². The SMILES string of the molecule is CCCCOc1ccc(-c2[nH]nc3c2[C@@H](c2ccc(OCc4ccccc4F)cc2)C(C#N)=C(N)O3)cc1. The van der Waals surface area contributed by atoms with Crippen LogP contribution < -0.4 is 19.9 Å². The summed E-state index contributed by atoms with van der Waals surface area (Å²) in [5.41, 5.74) is 10.0. The van der Waals surface area contributed by atoms with Gasteiger partial charge in [-0.2, -0.15) is 5.26 Å². The minimum Gasteiger partial charge on any atom is -0.494 e. The first-order chi connectivity index (χ1) is 18.6. The lowest BCUT2D eigenvalue weighted by molar-refractivity contribution is 0.299. The summed E-state index contributed by atoms with van der Waals surface area (Å²) in [7, 11) is 0. The van der Waals surface area contributed by atoms with E-state index in [9.17, 15) is 9.65 Å². The van der Waals surface area contributed by atoms with E-state index in [4.69, 9.17) is 19.9 Å². The van der Waals surface area contributed by atoms with Gasteiger partial charge < -0.3 is 19.9 Å². The lowest BCUT2D eigenvalue weighted by atomic mass is 9.83. The van der Waals surface area contributed by atoms with Crippen molar-refractivity contribution in [1.29, 1.82) is 5.26 Å². The molecule has 2 heterocycles. The molecule has 3 aromatic carbocycles. The third kappa shape index (κ3) is 5.04. The topological polar surface area (TPSA) is 106 Å². The molecular weight excluding hydrogens is 483 g/mol. The zero-order chi connectivity index (χ0) is 26.5. The summed E-state index contributed by atoms with van der Waals surface area (Å²) < 4.78 is 31.2. The number of aromatic amines is 1. The first-order valence-corrected chi connectivity index (χ1v) is 12.4. The smallest absolute Gasteiger partial charge is 0.244 e. The van der Waals surface area contributed by atoms with E-state index in [0.29, 0.717) is 29.4 Å².